The van der Waals surface area contributed by atoms with E-state index in [-0.39, 0.29) is 17.1 Å². The first kappa shape index (κ1) is 14.1. The van der Waals surface area contributed by atoms with Crippen molar-refractivity contribution in [3.63, 3.8) is 0 Å². The molecule has 2 aliphatic rings. The van der Waals surface area contributed by atoms with Crippen molar-refractivity contribution in [2.24, 2.45) is 0 Å². The summed E-state index contributed by atoms with van der Waals surface area (Å²) in [6.45, 7) is 11.5. The minimum absolute atomic E-state index is 0.253. The van der Waals surface area contributed by atoms with E-state index in [1.165, 1.54) is 16.7 Å². The Balaban J connectivity index is 2.28. The Kier molecular flexibility index (Phi) is 3.02. The average molecular weight is 276 g/mol. The zero-order valence-electron chi connectivity index (χ0n) is 13.0. The monoisotopic (exact) mass is 276 g/mol. The molecule has 3 heteroatoms. The third-order valence-electron chi connectivity index (χ3n) is 5.10. The summed E-state index contributed by atoms with van der Waals surface area (Å²) in [5.74, 6) is 0. The molecule has 0 bridgehead atoms. The minimum Gasteiger partial charge on any atom is -0.391 e. The largest absolute Gasteiger partial charge is 0.391 e. The fourth-order valence-corrected chi connectivity index (χ4v) is 4.03. The Morgan fingerprint density at radius 3 is 2.70 bits per heavy atom. The van der Waals surface area contributed by atoms with Gasteiger partial charge in [0.1, 0.15) is 0 Å². The van der Waals surface area contributed by atoms with Crippen LogP contribution in [0, 0.1) is 6.92 Å². The molecule has 1 N–H and O–H groups in total. The Bertz CT molecular complexity index is 549. The van der Waals surface area contributed by atoms with Crippen LogP contribution in [0.4, 0.5) is 0 Å². The van der Waals surface area contributed by atoms with E-state index >= 15 is 0 Å². The molecule has 0 fully saturated rings. The number of ether oxygens (including phenoxy) is 2. The Hall–Kier alpha value is -0.900. The topological polar surface area (TPSA) is 38.7 Å². The number of hydrogen-bond donors (Lipinski definition) is 1. The lowest BCUT2D eigenvalue weighted by atomic mass is 9.75. The van der Waals surface area contributed by atoms with Crippen LogP contribution in [0.2, 0.25) is 0 Å². The molecule has 3 nitrogen and oxygen atoms in total. The highest BCUT2D eigenvalue weighted by Crippen LogP contribution is 2.55. The van der Waals surface area contributed by atoms with Crippen LogP contribution in [-0.4, -0.2) is 24.4 Å². The van der Waals surface area contributed by atoms with Crippen LogP contribution >= 0.6 is 0 Å². The lowest BCUT2D eigenvalue weighted by Crippen LogP contribution is -2.46. The molecular weight excluding hydrogens is 252 g/mol. The fourth-order valence-electron chi connectivity index (χ4n) is 4.03. The molecule has 0 aromatic heterocycles. The number of aryl methyl sites for hydroxylation is 1. The maximum Gasteiger partial charge on any atom is 0.184 e. The van der Waals surface area contributed by atoms with Gasteiger partial charge in [-0.3, -0.25) is 0 Å². The van der Waals surface area contributed by atoms with Gasteiger partial charge in [0.15, 0.2) is 6.29 Å². The first-order chi connectivity index (χ1) is 9.34. The molecule has 0 saturated heterocycles. The SMILES string of the molecule is CCOC1OCC2(C)c3c(ccc(C)c31)C(C)(C)C2O. The van der Waals surface area contributed by atoms with Gasteiger partial charge in [0, 0.05) is 23.0 Å². The van der Waals surface area contributed by atoms with Crippen molar-refractivity contribution in [1.29, 1.82) is 0 Å². The summed E-state index contributed by atoms with van der Waals surface area (Å²) in [5, 5.41) is 10.8. The molecule has 0 saturated carbocycles. The molecule has 3 rings (SSSR count). The van der Waals surface area contributed by atoms with Gasteiger partial charge in [0.2, 0.25) is 0 Å². The normalized spacial score (nSPS) is 34.1. The molecule has 3 atom stereocenters. The van der Waals surface area contributed by atoms with Crippen LogP contribution < -0.4 is 0 Å². The predicted octanol–water partition coefficient (Wildman–Crippen LogP) is 2.97. The summed E-state index contributed by atoms with van der Waals surface area (Å²) in [4.78, 5) is 0. The molecule has 1 aliphatic heterocycles. The van der Waals surface area contributed by atoms with Crippen LogP contribution in [0.25, 0.3) is 0 Å². The van der Waals surface area contributed by atoms with E-state index in [9.17, 15) is 5.11 Å². The van der Waals surface area contributed by atoms with Crippen molar-refractivity contribution >= 4 is 0 Å². The van der Waals surface area contributed by atoms with Crippen molar-refractivity contribution in [3.8, 4) is 0 Å². The number of hydrogen-bond acceptors (Lipinski definition) is 3. The average Bonchev–Trinajstić information content (AvgIpc) is 2.55. The van der Waals surface area contributed by atoms with Crippen molar-refractivity contribution in [1.82, 2.24) is 0 Å². The lowest BCUT2D eigenvalue weighted by molar-refractivity contribution is -0.174. The van der Waals surface area contributed by atoms with Gasteiger partial charge in [-0.15, -0.1) is 0 Å². The highest BCUT2D eigenvalue weighted by atomic mass is 16.7. The second kappa shape index (κ2) is 4.30. The minimum atomic E-state index is -0.437. The van der Waals surface area contributed by atoms with Crippen molar-refractivity contribution in [3.05, 3.63) is 34.4 Å². The molecule has 1 aromatic rings. The van der Waals surface area contributed by atoms with Crippen LogP contribution in [0.15, 0.2) is 12.1 Å². The first-order valence-corrected chi connectivity index (χ1v) is 7.39. The highest BCUT2D eigenvalue weighted by molar-refractivity contribution is 5.56. The maximum atomic E-state index is 10.8. The highest BCUT2D eigenvalue weighted by Gasteiger charge is 2.57. The van der Waals surface area contributed by atoms with E-state index < -0.39 is 6.10 Å². The molecule has 20 heavy (non-hydrogen) atoms. The summed E-state index contributed by atoms with van der Waals surface area (Å²) in [5.41, 5.74) is 4.20. The quantitative estimate of drug-likeness (QED) is 0.902. The summed E-state index contributed by atoms with van der Waals surface area (Å²) in [6.07, 6.45) is -0.739. The Morgan fingerprint density at radius 1 is 1.35 bits per heavy atom. The second-order valence-electron chi connectivity index (χ2n) is 6.86. The molecule has 110 valence electrons. The number of benzene rings is 1. The molecule has 0 amide bonds. The van der Waals surface area contributed by atoms with Gasteiger partial charge in [0.05, 0.1) is 12.7 Å². The van der Waals surface area contributed by atoms with Gasteiger partial charge < -0.3 is 14.6 Å². The third kappa shape index (κ3) is 1.57. The van der Waals surface area contributed by atoms with Crippen LogP contribution in [0.1, 0.15) is 56.2 Å². The maximum absolute atomic E-state index is 10.8. The van der Waals surface area contributed by atoms with Gasteiger partial charge in [-0.2, -0.15) is 0 Å². The first-order valence-electron chi connectivity index (χ1n) is 7.39. The molecule has 1 heterocycles. The molecular formula is C17H24O3. The van der Waals surface area contributed by atoms with E-state index in [2.05, 4.69) is 39.8 Å². The van der Waals surface area contributed by atoms with Gasteiger partial charge in [-0.05, 0) is 30.5 Å². The Morgan fingerprint density at radius 2 is 2.05 bits per heavy atom. The molecule has 1 aliphatic carbocycles. The van der Waals surface area contributed by atoms with Gasteiger partial charge >= 0.3 is 0 Å². The third-order valence-corrected chi connectivity index (χ3v) is 5.10. The number of aliphatic hydroxyl groups excluding tert-OH is 1. The summed E-state index contributed by atoms with van der Waals surface area (Å²) < 4.78 is 11.7. The number of rotatable bonds is 2. The predicted molar refractivity (Wildman–Crippen MR) is 77.9 cm³/mol. The summed E-state index contributed by atoms with van der Waals surface area (Å²) in [7, 11) is 0. The second-order valence-corrected chi connectivity index (χ2v) is 6.86. The number of aliphatic hydroxyl groups is 1. The van der Waals surface area contributed by atoms with Crippen molar-refractivity contribution in [2.45, 2.75) is 57.8 Å². The standard InChI is InChI=1S/C17H24O3/c1-6-19-14-12-10(2)7-8-11-13(12)17(5,9-20-14)15(18)16(11,3)4/h7-8,14-15,18H,6,9H2,1-5H3. The zero-order chi connectivity index (χ0) is 14.7. The van der Waals surface area contributed by atoms with E-state index in [0.717, 1.165) is 5.56 Å². The lowest BCUT2D eigenvalue weighted by Gasteiger charge is -2.40. The van der Waals surface area contributed by atoms with Gasteiger partial charge in [0.25, 0.3) is 0 Å². The summed E-state index contributed by atoms with van der Waals surface area (Å²) in [6, 6.07) is 4.28. The van der Waals surface area contributed by atoms with E-state index in [0.29, 0.717) is 13.2 Å². The van der Waals surface area contributed by atoms with Gasteiger partial charge in [-0.25, -0.2) is 0 Å². The van der Waals surface area contributed by atoms with E-state index in [1.54, 1.807) is 0 Å². The van der Waals surface area contributed by atoms with Crippen LogP contribution in [0.5, 0.6) is 0 Å². The molecule has 0 radical (unpaired) electrons. The van der Waals surface area contributed by atoms with E-state index in [4.69, 9.17) is 9.47 Å². The van der Waals surface area contributed by atoms with Crippen LogP contribution in [0.3, 0.4) is 0 Å². The summed E-state index contributed by atoms with van der Waals surface area (Å²) >= 11 is 0. The van der Waals surface area contributed by atoms with Gasteiger partial charge in [-0.1, -0.05) is 32.9 Å². The molecule has 0 spiro atoms. The smallest absolute Gasteiger partial charge is 0.184 e. The Labute approximate surface area is 120 Å². The fraction of sp³-hybridized carbons (Fsp3) is 0.647. The molecule has 1 aromatic carbocycles. The van der Waals surface area contributed by atoms with Crippen molar-refractivity contribution < 1.29 is 14.6 Å². The van der Waals surface area contributed by atoms with Crippen molar-refractivity contribution in [2.75, 3.05) is 13.2 Å². The van der Waals surface area contributed by atoms with Crippen LogP contribution in [-0.2, 0) is 20.3 Å². The zero-order valence-corrected chi connectivity index (χ0v) is 13.0. The molecule has 3 unspecified atom stereocenters. The van der Waals surface area contributed by atoms with E-state index in [1.807, 2.05) is 6.92 Å².